The first-order chi connectivity index (χ1) is 10.1. The fraction of sp³-hybridized carbons (Fsp3) is 0.308. The van der Waals surface area contributed by atoms with Crippen molar-refractivity contribution in [2.45, 2.75) is 30.2 Å². The zero-order chi connectivity index (χ0) is 14.9. The number of aromatic nitrogens is 2. The number of rotatable bonds is 5. The first-order valence-corrected chi connectivity index (χ1v) is 7.89. The van der Waals surface area contributed by atoms with Crippen LogP contribution in [0.2, 0.25) is 0 Å². The highest BCUT2D eigenvalue weighted by Crippen LogP contribution is 2.38. The van der Waals surface area contributed by atoms with Gasteiger partial charge in [0.1, 0.15) is 0 Å². The van der Waals surface area contributed by atoms with Gasteiger partial charge in [-0.3, -0.25) is 0 Å². The van der Waals surface area contributed by atoms with Crippen LogP contribution in [-0.4, -0.2) is 18.6 Å². The van der Waals surface area contributed by atoms with Gasteiger partial charge >= 0.3 is 0 Å². The Morgan fingerprint density at radius 2 is 2.05 bits per heavy atom. The van der Waals surface area contributed by atoms with Crippen molar-refractivity contribution in [2.24, 2.45) is 0 Å². The second-order valence-electron chi connectivity index (χ2n) is 4.78. The highest BCUT2D eigenvalue weighted by Gasteiger charge is 2.29. The second kappa shape index (κ2) is 5.27. The lowest BCUT2D eigenvalue weighted by Crippen LogP contribution is -2.23. The predicted octanol–water partition coefficient (Wildman–Crippen LogP) is 1.30. The van der Waals surface area contributed by atoms with Crippen molar-refractivity contribution in [2.75, 3.05) is 0 Å². The van der Waals surface area contributed by atoms with Gasteiger partial charge in [-0.25, -0.2) is 13.1 Å². The van der Waals surface area contributed by atoms with Gasteiger partial charge < -0.3 is 4.52 Å². The van der Waals surface area contributed by atoms with Crippen LogP contribution in [0.4, 0.5) is 0 Å². The van der Waals surface area contributed by atoms with Crippen molar-refractivity contribution in [3.63, 3.8) is 0 Å². The van der Waals surface area contributed by atoms with Crippen molar-refractivity contribution < 1.29 is 12.9 Å². The number of nitriles is 1. The zero-order valence-electron chi connectivity index (χ0n) is 11.0. The number of benzene rings is 1. The second-order valence-corrected chi connectivity index (χ2v) is 6.55. The molecule has 0 spiro atoms. The van der Waals surface area contributed by atoms with E-state index in [2.05, 4.69) is 14.9 Å². The van der Waals surface area contributed by atoms with Gasteiger partial charge in [0.2, 0.25) is 15.9 Å². The van der Waals surface area contributed by atoms with Crippen molar-refractivity contribution in [1.29, 1.82) is 5.26 Å². The molecule has 0 unspecified atom stereocenters. The standard InChI is InChI=1S/C13H12N4O3S/c14-7-9-1-5-11(6-2-9)21(18,19)15-8-12-16-13(20-17-12)10-3-4-10/h1-2,5-6,10,15H,3-4,8H2. The molecule has 1 aromatic heterocycles. The summed E-state index contributed by atoms with van der Waals surface area (Å²) in [6, 6.07) is 7.60. The topological polar surface area (TPSA) is 109 Å². The van der Waals surface area contributed by atoms with E-state index in [0.29, 0.717) is 23.2 Å². The Bertz CT molecular complexity index is 786. The maximum absolute atomic E-state index is 12.1. The Balaban J connectivity index is 1.68. The number of hydrogen-bond donors (Lipinski definition) is 1. The summed E-state index contributed by atoms with van der Waals surface area (Å²) in [5.74, 6) is 1.22. The Morgan fingerprint density at radius 1 is 1.33 bits per heavy atom. The molecular weight excluding hydrogens is 292 g/mol. The van der Waals surface area contributed by atoms with Crippen LogP contribution in [0.15, 0.2) is 33.7 Å². The molecule has 0 aliphatic heterocycles. The molecule has 8 heteroatoms. The lowest BCUT2D eigenvalue weighted by molar-refractivity contribution is 0.373. The van der Waals surface area contributed by atoms with Crippen molar-refractivity contribution in [3.8, 4) is 6.07 Å². The minimum absolute atomic E-state index is 0.0292. The number of nitrogens with zero attached hydrogens (tertiary/aromatic N) is 3. The summed E-state index contributed by atoms with van der Waals surface area (Å²) in [6.45, 7) is -0.0292. The minimum Gasteiger partial charge on any atom is -0.339 e. The van der Waals surface area contributed by atoms with Gasteiger partial charge in [0.05, 0.1) is 23.1 Å². The van der Waals surface area contributed by atoms with E-state index < -0.39 is 10.0 Å². The highest BCUT2D eigenvalue weighted by molar-refractivity contribution is 7.89. The third kappa shape index (κ3) is 3.09. The van der Waals surface area contributed by atoms with E-state index in [1.807, 2.05) is 6.07 Å². The molecule has 0 amide bonds. The smallest absolute Gasteiger partial charge is 0.240 e. The van der Waals surface area contributed by atoms with Gasteiger partial charge in [-0.15, -0.1) is 0 Å². The molecule has 2 aromatic rings. The van der Waals surface area contributed by atoms with Crippen molar-refractivity contribution >= 4 is 10.0 Å². The summed E-state index contributed by atoms with van der Waals surface area (Å²) in [7, 11) is -3.66. The van der Waals surface area contributed by atoms with E-state index in [9.17, 15) is 8.42 Å². The summed E-state index contributed by atoms with van der Waals surface area (Å²) >= 11 is 0. The number of hydrogen-bond acceptors (Lipinski definition) is 6. The average molecular weight is 304 g/mol. The lowest BCUT2D eigenvalue weighted by Gasteiger charge is -2.04. The SMILES string of the molecule is N#Cc1ccc(S(=O)(=O)NCc2noc(C3CC3)n2)cc1. The number of sulfonamides is 1. The van der Waals surface area contributed by atoms with E-state index in [0.717, 1.165) is 12.8 Å². The van der Waals surface area contributed by atoms with Crippen LogP contribution in [0, 0.1) is 11.3 Å². The molecule has 1 heterocycles. The summed E-state index contributed by atoms with van der Waals surface area (Å²) in [5, 5.41) is 12.4. The van der Waals surface area contributed by atoms with Crippen LogP contribution in [0.3, 0.4) is 0 Å². The molecule has 1 aliphatic rings. The van der Waals surface area contributed by atoms with Crippen LogP contribution in [0.25, 0.3) is 0 Å². The molecule has 1 aromatic carbocycles. The molecule has 0 atom stereocenters. The first-order valence-electron chi connectivity index (χ1n) is 6.41. The van der Waals surface area contributed by atoms with Gasteiger partial charge in [-0.05, 0) is 37.1 Å². The number of nitrogens with one attached hydrogen (secondary N) is 1. The minimum atomic E-state index is -3.66. The normalized spacial score (nSPS) is 14.8. The van der Waals surface area contributed by atoms with E-state index in [1.165, 1.54) is 24.3 Å². The molecular formula is C13H12N4O3S. The quantitative estimate of drug-likeness (QED) is 0.891. The third-order valence-electron chi connectivity index (χ3n) is 3.12. The Morgan fingerprint density at radius 3 is 2.67 bits per heavy atom. The predicted molar refractivity (Wildman–Crippen MR) is 71.5 cm³/mol. The molecule has 1 saturated carbocycles. The van der Waals surface area contributed by atoms with Gasteiger partial charge in [0, 0.05) is 5.92 Å². The fourth-order valence-electron chi connectivity index (χ4n) is 1.79. The monoisotopic (exact) mass is 304 g/mol. The maximum Gasteiger partial charge on any atom is 0.240 e. The lowest BCUT2D eigenvalue weighted by atomic mass is 10.2. The molecule has 7 nitrogen and oxygen atoms in total. The molecule has 1 aliphatic carbocycles. The first kappa shape index (κ1) is 13.7. The molecule has 21 heavy (non-hydrogen) atoms. The Labute approximate surface area is 121 Å². The van der Waals surface area contributed by atoms with Gasteiger partial charge in [0.15, 0.2) is 5.82 Å². The van der Waals surface area contributed by atoms with Crippen LogP contribution >= 0.6 is 0 Å². The summed E-state index contributed by atoms with van der Waals surface area (Å²) in [5.41, 5.74) is 0.404. The van der Waals surface area contributed by atoms with Gasteiger partial charge in [-0.2, -0.15) is 10.2 Å². The van der Waals surface area contributed by atoms with E-state index in [4.69, 9.17) is 9.78 Å². The van der Waals surface area contributed by atoms with Crippen molar-refractivity contribution in [3.05, 3.63) is 41.5 Å². The molecule has 0 saturated heterocycles. The summed E-state index contributed by atoms with van der Waals surface area (Å²) < 4.78 is 31.6. The maximum atomic E-state index is 12.1. The van der Waals surface area contributed by atoms with Crippen molar-refractivity contribution in [1.82, 2.24) is 14.9 Å². The Hall–Kier alpha value is -2.24. The Kier molecular flexibility index (Phi) is 3.45. The van der Waals surface area contributed by atoms with Gasteiger partial charge in [0.25, 0.3) is 0 Å². The fourth-order valence-corrected chi connectivity index (χ4v) is 2.77. The highest BCUT2D eigenvalue weighted by atomic mass is 32.2. The zero-order valence-corrected chi connectivity index (χ0v) is 11.8. The summed E-state index contributed by atoms with van der Waals surface area (Å²) in [4.78, 5) is 4.24. The van der Waals surface area contributed by atoms with E-state index in [-0.39, 0.29) is 11.4 Å². The van der Waals surface area contributed by atoms with Crippen LogP contribution < -0.4 is 4.72 Å². The molecule has 0 bridgehead atoms. The summed E-state index contributed by atoms with van der Waals surface area (Å²) in [6.07, 6.45) is 2.08. The van der Waals surface area contributed by atoms with E-state index in [1.54, 1.807) is 0 Å². The molecule has 1 fully saturated rings. The molecule has 0 radical (unpaired) electrons. The molecule has 1 N–H and O–H groups in total. The van der Waals surface area contributed by atoms with Crippen LogP contribution in [0.5, 0.6) is 0 Å². The molecule has 3 rings (SSSR count). The average Bonchev–Trinajstić information content (AvgIpc) is 3.24. The van der Waals surface area contributed by atoms with E-state index >= 15 is 0 Å². The third-order valence-corrected chi connectivity index (χ3v) is 4.54. The molecule has 108 valence electrons. The largest absolute Gasteiger partial charge is 0.339 e. The van der Waals surface area contributed by atoms with Gasteiger partial charge in [-0.1, -0.05) is 5.16 Å². The van der Waals surface area contributed by atoms with Crippen LogP contribution in [-0.2, 0) is 16.6 Å². The van der Waals surface area contributed by atoms with Crippen LogP contribution in [0.1, 0.15) is 36.0 Å².